The molecule has 0 amide bonds. The van der Waals surface area contributed by atoms with E-state index in [1.165, 1.54) is 0 Å². The molecule has 2 aromatic rings. The molecule has 0 aliphatic carbocycles. The topological polar surface area (TPSA) is 79.5 Å². The van der Waals surface area contributed by atoms with Crippen molar-refractivity contribution in [1.29, 1.82) is 0 Å². The molecule has 1 aliphatic heterocycles. The monoisotopic (exact) mass is 287 g/mol. The Labute approximate surface area is 122 Å². The van der Waals surface area contributed by atoms with Gasteiger partial charge in [0.1, 0.15) is 6.04 Å². The molecule has 6 heteroatoms. The standard InChI is InChI=1S/C15H17N3O3/c19-15(20)12-8-4-5-9-18(12)10-13-16-14(21-17-13)11-6-2-1-3-7-11/h1-3,6-7,12H,4-5,8-10H2,(H,19,20). The molecule has 21 heavy (non-hydrogen) atoms. The van der Waals surface area contributed by atoms with Crippen LogP contribution in [0.5, 0.6) is 0 Å². The lowest BCUT2D eigenvalue weighted by Crippen LogP contribution is -2.44. The molecule has 1 saturated heterocycles. The number of aliphatic carboxylic acids is 1. The number of carboxylic acid groups (broad SMARTS) is 1. The second-order valence-electron chi connectivity index (χ2n) is 5.20. The van der Waals surface area contributed by atoms with Crippen molar-refractivity contribution in [3.8, 4) is 11.5 Å². The van der Waals surface area contributed by atoms with Crippen LogP contribution in [0.25, 0.3) is 11.5 Å². The van der Waals surface area contributed by atoms with Crippen molar-refractivity contribution in [3.05, 3.63) is 36.2 Å². The zero-order valence-corrected chi connectivity index (χ0v) is 11.6. The number of rotatable bonds is 4. The molecule has 1 aliphatic rings. The van der Waals surface area contributed by atoms with Gasteiger partial charge < -0.3 is 9.63 Å². The molecule has 1 aromatic heterocycles. The molecule has 1 aromatic carbocycles. The third kappa shape index (κ3) is 3.11. The molecular formula is C15H17N3O3. The third-order valence-electron chi connectivity index (χ3n) is 3.73. The minimum Gasteiger partial charge on any atom is -0.480 e. The van der Waals surface area contributed by atoms with Crippen molar-refractivity contribution in [2.75, 3.05) is 6.54 Å². The Morgan fingerprint density at radius 3 is 2.90 bits per heavy atom. The maximum absolute atomic E-state index is 11.3. The largest absolute Gasteiger partial charge is 0.480 e. The van der Waals surface area contributed by atoms with Crippen LogP contribution in [0.4, 0.5) is 0 Å². The van der Waals surface area contributed by atoms with Crippen molar-refractivity contribution in [1.82, 2.24) is 15.0 Å². The lowest BCUT2D eigenvalue weighted by atomic mass is 10.0. The summed E-state index contributed by atoms with van der Waals surface area (Å²) < 4.78 is 5.25. The minimum atomic E-state index is -0.776. The molecule has 0 spiro atoms. The van der Waals surface area contributed by atoms with Gasteiger partial charge in [-0.2, -0.15) is 4.98 Å². The Bertz CT molecular complexity index is 612. The van der Waals surface area contributed by atoms with Crippen LogP contribution in [0.1, 0.15) is 25.1 Å². The van der Waals surface area contributed by atoms with Gasteiger partial charge >= 0.3 is 5.97 Å². The third-order valence-corrected chi connectivity index (χ3v) is 3.73. The van der Waals surface area contributed by atoms with Gasteiger partial charge in [-0.05, 0) is 31.5 Å². The predicted octanol–water partition coefficient (Wildman–Crippen LogP) is 2.18. The molecule has 1 fully saturated rings. The van der Waals surface area contributed by atoms with Gasteiger partial charge in [0.2, 0.25) is 0 Å². The smallest absolute Gasteiger partial charge is 0.320 e. The summed E-state index contributed by atoms with van der Waals surface area (Å²) in [6.07, 6.45) is 2.64. The van der Waals surface area contributed by atoms with E-state index in [9.17, 15) is 9.90 Å². The van der Waals surface area contributed by atoms with E-state index in [1.54, 1.807) is 0 Å². The van der Waals surface area contributed by atoms with Crippen molar-refractivity contribution in [2.24, 2.45) is 0 Å². The number of nitrogens with zero attached hydrogens (tertiary/aromatic N) is 3. The fraction of sp³-hybridized carbons (Fsp3) is 0.400. The lowest BCUT2D eigenvalue weighted by Gasteiger charge is -2.31. The van der Waals surface area contributed by atoms with Crippen LogP contribution < -0.4 is 0 Å². The van der Waals surface area contributed by atoms with Gasteiger partial charge in [0.05, 0.1) is 6.54 Å². The highest BCUT2D eigenvalue weighted by Crippen LogP contribution is 2.21. The SMILES string of the molecule is O=C(O)C1CCCCN1Cc1noc(-c2ccccc2)n1. The Kier molecular flexibility index (Phi) is 3.96. The van der Waals surface area contributed by atoms with Crippen molar-refractivity contribution in [3.63, 3.8) is 0 Å². The molecule has 6 nitrogen and oxygen atoms in total. The summed E-state index contributed by atoms with van der Waals surface area (Å²) in [4.78, 5) is 17.5. The van der Waals surface area contributed by atoms with Gasteiger partial charge in [-0.25, -0.2) is 0 Å². The number of carboxylic acids is 1. The fourth-order valence-electron chi connectivity index (χ4n) is 2.66. The molecule has 1 unspecified atom stereocenters. The number of likely N-dealkylation sites (tertiary alicyclic amines) is 1. The van der Waals surface area contributed by atoms with Crippen LogP contribution >= 0.6 is 0 Å². The van der Waals surface area contributed by atoms with E-state index in [-0.39, 0.29) is 0 Å². The molecule has 1 atom stereocenters. The summed E-state index contributed by atoms with van der Waals surface area (Å²) in [5.41, 5.74) is 0.865. The number of hydrogen-bond acceptors (Lipinski definition) is 5. The first-order valence-electron chi connectivity index (χ1n) is 7.09. The van der Waals surface area contributed by atoms with E-state index < -0.39 is 12.0 Å². The highest BCUT2D eigenvalue weighted by molar-refractivity contribution is 5.73. The molecule has 0 bridgehead atoms. The quantitative estimate of drug-likeness (QED) is 0.928. The van der Waals surface area contributed by atoms with Gasteiger partial charge in [-0.1, -0.05) is 29.8 Å². The highest BCUT2D eigenvalue weighted by atomic mass is 16.5. The first kappa shape index (κ1) is 13.8. The first-order valence-corrected chi connectivity index (χ1v) is 7.09. The van der Waals surface area contributed by atoms with Crippen molar-refractivity contribution >= 4 is 5.97 Å². The Morgan fingerprint density at radius 1 is 1.33 bits per heavy atom. The Hall–Kier alpha value is -2.21. The molecule has 2 heterocycles. The average Bonchev–Trinajstić information content (AvgIpc) is 2.97. The molecule has 0 radical (unpaired) electrons. The summed E-state index contributed by atoms with van der Waals surface area (Å²) in [6.45, 7) is 1.17. The van der Waals surface area contributed by atoms with E-state index in [0.29, 0.717) is 24.7 Å². The number of benzene rings is 1. The lowest BCUT2D eigenvalue weighted by molar-refractivity contribution is -0.144. The number of carbonyl (C=O) groups is 1. The molecule has 3 rings (SSSR count). The second-order valence-corrected chi connectivity index (χ2v) is 5.20. The highest BCUT2D eigenvalue weighted by Gasteiger charge is 2.29. The Balaban J connectivity index is 1.73. The van der Waals surface area contributed by atoms with E-state index in [2.05, 4.69) is 10.1 Å². The Morgan fingerprint density at radius 2 is 2.14 bits per heavy atom. The summed E-state index contributed by atoms with van der Waals surface area (Å²) in [5, 5.41) is 13.2. The van der Waals surface area contributed by atoms with Crippen LogP contribution in [0.3, 0.4) is 0 Å². The van der Waals surface area contributed by atoms with Gasteiger partial charge in [-0.3, -0.25) is 9.69 Å². The van der Waals surface area contributed by atoms with E-state index >= 15 is 0 Å². The number of piperidine rings is 1. The van der Waals surface area contributed by atoms with Crippen LogP contribution in [-0.4, -0.2) is 38.7 Å². The maximum Gasteiger partial charge on any atom is 0.320 e. The van der Waals surface area contributed by atoms with Gasteiger partial charge in [0, 0.05) is 5.56 Å². The van der Waals surface area contributed by atoms with Crippen LogP contribution in [0.15, 0.2) is 34.9 Å². The fourth-order valence-corrected chi connectivity index (χ4v) is 2.66. The molecular weight excluding hydrogens is 270 g/mol. The number of hydrogen-bond donors (Lipinski definition) is 1. The summed E-state index contributed by atoms with van der Waals surface area (Å²) in [6, 6.07) is 9.09. The van der Waals surface area contributed by atoms with Crippen molar-refractivity contribution in [2.45, 2.75) is 31.8 Å². The van der Waals surface area contributed by atoms with Gasteiger partial charge in [0.25, 0.3) is 5.89 Å². The zero-order chi connectivity index (χ0) is 14.7. The first-order chi connectivity index (χ1) is 10.2. The summed E-state index contributed by atoms with van der Waals surface area (Å²) in [7, 11) is 0. The maximum atomic E-state index is 11.3. The van der Waals surface area contributed by atoms with Gasteiger partial charge in [-0.15, -0.1) is 0 Å². The van der Waals surface area contributed by atoms with Crippen LogP contribution in [-0.2, 0) is 11.3 Å². The van der Waals surface area contributed by atoms with E-state index in [4.69, 9.17) is 4.52 Å². The second kappa shape index (κ2) is 6.05. The molecule has 1 N–H and O–H groups in total. The van der Waals surface area contributed by atoms with Crippen LogP contribution in [0, 0.1) is 0 Å². The molecule has 0 saturated carbocycles. The number of aromatic nitrogens is 2. The van der Waals surface area contributed by atoms with Crippen molar-refractivity contribution < 1.29 is 14.4 Å². The summed E-state index contributed by atoms with van der Waals surface area (Å²) >= 11 is 0. The summed E-state index contributed by atoms with van der Waals surface area (Å²) in [5.74, 6) is 0.220. The van der Waals surface area contributed by atoms with Crippen LogP contribution in [0.2, 0.25) is 0 Å². The van der Waals surface area contributed by atoms with E-state index in [0.717, 1.165) is 24.9 Å². The normalized spacial score (nSPS) is 19.5. The average molecular weight is 287 g/mol. The van der Waals surface area contributed by atoms with Gasteiger partial charge in [0.15, 0.2) is 5.82 Å². The zero-order valence-electron chi connectivity index (χ0n) is 11.6. The van der Waals surface area contributed by atoms with E-state index in [1.807, 2.05) is 35.2 Å². The predicted molar refractivity (Wildman–Crippen MR) is 75.4 cm³/mol. The molecule has 110 valence electrons. The minimum absolute atomic E-state index is 0.410.